The Balaban J connectivity index is 1.76. The van der Waals surface area contributed by atoms with Crippen molar-refractivity contribution < 1.29 is 18.7 Å². The maximum Gasteiger partial charge on any atom is 0.339 e. The smallest absolute Gasteiger partial charge is 0.339 e. The highest BCUT2D eigenvalue weighted by molar-refractivity contribution is 5.93. The maximum atomic E-state index is 12.4. The molecule has 7 heteroatoms. The number of rotatable bonds is 6. The number of amides is 2. The summed E-state index contributed by atoms with van der Waals surface area (Å²) >= 11 is 0. The summed E-state index contributed by atoms with van der Waals surface area (Å²) in [5, 5.41) is 6.02. The first-order valence-corrected chi connectivity index (χ1v) is 9.55. The van der Waals surface area contributed by atoms with E-state index in [1.807, 2.05) is 26.0 Å². The molecule has 3 rings (SSSR count). The number of benzene rings is 2. The van der Waals surface area contributed by atoms with Crippen LogP contribution in [0.25, 0.3) is 11.0 Å². The van der Waals surface area contributed by atoms with Crippen LogP contribution in [0.3, 0.4) is 0 Å². The van der Waals surface area contributed by atoms with Gasteiger partial charge >= 0.3 is 5.63 Å². The largest absolute Gasteiger partial charge is 0.483 e. The third-order valence-corrected chi connectivity index (χ3v) is 4.87. The lowest BCUT2D eigenvalue weighted by Gasteiger charge is -2.13. The van der Waals surface area contributed by atoms with Gasteiger partial charge in [-0.15, -0.1) is 0 Å². The number of hydrogen-bond acceptors (Lipinski definition) is 5. The normalized spacial score (nSPS) is 10.7. The van der Waals surface area contributed by atoms with Crippen LogP contribution >= 0.6 is 0 Å². The first-order valence-electron chi connectivity index (χ1n) is 9.55. The van der Waals surface area contributed by atoms with Gasteiger partial charge in [0.25, 0.3) is 5.91 Å². The topological polar surface area (TPSA) is 97.6 Å². The van der Waals surface area contributed by atoms with Crippen molar-refractivity contribution in [3.63, 3.8) is 0 Å². The van der Waals surface area contributed by atoms with Crippen LogP contribution in [0.1, 0.15) is 22.3 Å². The summed E-state index contributed by atoms with van der Waals surface area (Å²) in [4.78, 5) is 35.9. The zero-order chi connectivity index (χ0) is 21.8. The third-order valence-electron chi connectivity index (χ3n) is 4.87. The van der Waals surface area contributed by atoms with Crippen molar-refractivity contribution in [2.45, 2.75) is 27.2 Å². The average Bonchev–Trinajstić information content (AvgIpc) is 2.70. The summed E-state index contributed by atoms with van der Waals surface area (Å²) in [6, 6.07) is 10.7. The second-order valence-corrected chi connectivity index (χ2v) is 7.16. The van der Waals surface area contributed by atoms with E-state index < -0.39 is 0 Å². The maximum absolute atomic E-state index is 12.4. The molecule has 0 aliphatic carbocycles. The number of likely N-dealkylation sites (N-methyl/N-ethyl adjacent to an activating group) is 1. The standard InChI is InChI=1S/C23H24N2O5/c1-13-8-18(22-14(2)15(3)23(28)30-19(22)9-13)29-12-21(27)25-17-7-5-6-16(10-17)11-20(26)24-4/h5-10H,11-12H2,1-4H3,(H,24,26)(H,25,27). The SMILES string of the molecule is CNC(=O)Cc1cccc(NC(=O)COc2cc(C)cc3oc(=O)c(C)c(C)c23)c1. The Hall–Kier alpha value is -3.61. The van der Waals surface area contributed by atoms with Gasteiger partial charge in [0.1, 0.15) is 11.3 Å². The molecule has 0 fully saturated rings. The number of carbonyl (C=O) groups excluding carboxylic acids is 2. The van der Waals surface area contributed by atoms with Crippen molar-refractivity contribution in [3.8, 4) is 5.75 Å². The number of nitrogens with one attached hydrogen (secondary N) is 2. The summed E-state index contributed by atoms with van der Waals surface area (Å²) in [6.07, 6.45) is 0.232. The van der Waals surface area contributed by atoms with Crippen molar-refractivity contribution >= 4 is 28.5 Å². The molecule has 7 nitrogen and oxygen atoms in total. The molecular weight excluding hydrogens is 384 g/mol. The molecule has 0 spiro atoms. The molecule has 0 aliphatic rings. The second-order valence-electron chi connectivity index (χ2n) is 7.16. The minimum Gasteiger partial charge on any atom is -0.483 e. The average molecular weight is 408 g/mol. The van der Waals surface area contributed by atoms with Crippen molar-refractivity contribution in [2.24, 2.45) is 0 Å². The fourth-order valence-electron chi connectivity index (χ4n) is 3.18. The van der Waals surface area contributed by atoms with Crippen LogP contribution in [0.15, 0.2) is 45.6 Å². The van der Waals surface area contributed by atoms with Gasteiger partial charge in [-0.25, -0.2) is 4.79 Å². The molecule has 30 heavy (non-hydrogen) atoms. The van der Waals surface area contributed by atoms with Gasteiger partial charge in [0.2, 0.25) is 5.91 Å². The number of anilines is 1. The molecule has 1 heterocycles. The van der Waals surface area contributed by atoms with Crippen LogP contribution in [0.4, 0.5) is 5.69 Å². The zero-order valence-corrected chi connectivity index (χ0v) is 17.4. The molecule has 0 saturated carbocycles. The molecule has 0 radical (unpaired) electrons. The summed E-state index contributed by atoms with van der Waals surface area (Å²) in [6.45, 7) is 5.17. The van der Waals surface area contributed by atoms with E-state index in [0.29, 0.717) is 28.0 Å². The monoisotopic (exact) mass is 408 g/mol. The Labute approximate surface area is 174 Å². The molecule has 0 saturated heterocycles. The van der Waals surface area contributed by atoms with Gasteiger partial charge in [-0.3, -0.25) is 9.59 Å². The predicted molar refractivity (Wildman–Crippen MR) is 115 cm³/mol. The van der Waals surface area contributed by atoms with Crippen molar-refractivity contribution in [3.05, 3.63) is 69.1 Å². The Morgan fingerprint density at radius 1 is 1.03 bits per heavy atom. The van der Waals surface area contributed by atoms with Crippen LogP contribution in [-0.2, 0) is 16.0 Å². The van der Waals surface area contributed by atoms with Gasteiger partial charge < -0.3 is 19.8 Å². The Morgan fingerprint density at radius 2 is 1.80 bits per heavy atom. The van der Waals surface area contributed by atoms with Gasteiger partial charge in [0, 0.05) is 18.3 Å². The molecule has 0 aliphatic heterocycles. The predicted octanol–water partition coefficient (Wildman–Crippen LogP) is 3.02. The Bertz CT molecular complexity index is 1180. The summed E-state index contributed by atoms with van der Waals surface area (Å²) in [7, 11) is 1.58. The number of aryl methyl sites for hydroxylation is 2. The van der Waals surface area contributed by atoms with Crippen LogP contribution in [0.2, 0.25) is 0 Å². The van der Waals surface area contributed by atoms with Gasteiger partial charge in [0.15, 0.2) is 6.61 Å². The van der Waals surface area contributed by atoms with E-state index in [4.69, 9.17) is 9.15 Å². The minimum absolute atomic E-state index is 0.106. The lowest BCUT2D eigenvalue weighted by Crippen LogP contribution is -2.21. The summed E-state index contributed by atoms with van der Waals surface area (Å²) in [5.41, 5.74) is 3.54. The quantitative estimate of drug-likeness (QED) is 0.611. The lowest BCUT2D eigenvalue weighted by molar-refractivity contribution is -0.120. The molecule has 2 aromatic carbocycles. The van der Waals surface area contributed by atoms with Crippen molar-refractivity contribution in [2.75, 3.05) is 19.0 Å². The molecule has 3 aromatic rings. The minimum atomic E-state index is -0.383. The van der Waals surface area contributed by atoms with E-state index in [2.05, 4.69) is 10.6 Å². The van der Waals surface area contributed by atoms with E-state index in [9.17, 15) is 14.4 Å². The van der Waals surface area contributed by atoms with Crippen LogP contribution < -0.4 is 21.0 Å². The van der Waals surface area contributed by atoms with Gasteiger partial charge in [-0.1, -0.05) is 12.1 Å². The lowest BCUT2D eigenvalue weighted by atomic mass is 10.0. The fraction of sp³-hybridized carbons (Fsp3) is 0.261. The zero-order valence-electron chi connectivity index (χ0n) is 17.4. The highest BCUT2D eigenvalue weighted by atomic mass is 16.5. The summed E-state index contributed by atoms with van der Waals surface area (Å²) < 4.78 is 11.2. The molecular formula is C23H24N2O5. The van der Waals surface area contributed by atoms with Crippen LogP contribution in [0.5, 0.6) is 5.75 Å². The first-order chi connectivity index (χ1) is 14.3. The van der Waals surface area contributed by atoms with Crippen LogP contribution in [-0.4, -0.2) is 25.5 Å². The first kappa shape index (κ1) is 21.1. The number of carbonyl (C=O) groups is 2. The van der Waals surface area contributed by atoms with E-state index in [-0.39, 0.29) is 30.5 Å². The molecule has 2 amide bonds. The van der Waals surface area contributed by atoms with Gasteiger partial charge in [-0.2, -0.15) is 0 Å². The number of fused-ring (bicyclic) bond motifs is 1. The molecule has 0 atom stereocenters. The van der Waals surface area contributed by atoms with Crippen molar-refractivity contribution in [1.82, 2.24) is 5.32 Å². The van der Waals surface area contributed by atoms with Crippen LogP contribution in [0, 0.1) is 20.8 Å². The molecule has 1 aromatic heterocycles. The molecule has 0 unspecified atom stereocenters. The highest BCUT2D eigenvalue weighted by Gasteiger charge is 2.15. The van der Waals surface area contributed by atoms with E-state index in [1.165, 1.54) is 0 Å². The third kappa shape index (κ3) is 4.68. The van der Waals surface area contributed by atoms with E-state index in [0.717, 1.165) is 16.7 Å². The molecule has 156 valence electrons. The molecule has 2 N–H and O–H groups in total. The summed E-state index contributed by atoms with van der Waals surface area (Å²) in [5.74, 6) is 0.0387. The Morgan fingerprint density at radius 3 is 2.53 bits per heavy atom. The van der Waals surface area contributed by atoms with E-state index in [1.54, 1.807) is 38.2 Å². The van der Waals surface area contributed by atoms with Gasteiger partial charge in [0.05, 0.1) is 11.8 Å². The highest BCUT2D eigenvalue weighted by Crippen LogP contribution is 2.30. The Kier molecular flexibility index (Phi) is 6.20. The number of hydrogen-bond donors (Lipinski definition) is 2. The number of ether oxygens (including phenoxy) is 1. The second kappa shape index (κ2) is 8.82. The molecule has 0 bridgehead atoms. The van der Waals surface area contributed by atoms with Gasteiger partial charge in [-0.05, 0) is 61.7 Å². The van der Waals surface area contributed by atoms with Crippen molar-refractivity contribution in [1.29, 1.82) is 0 Å². The fourth-order valence-corrected chi connectivity index (χ4v) is 3.18. The van der Waals surface area contributed by atoms with E-state index >= 15 is 0 Å².